The van der Waals surface area contributed by atoms with Gasteiger partial charge in [-0.2, -0.15) is 15.3 Å². The highest BCUT2D eigenvalue weighted by atomic mass is 35.5. The summed E-state index contributed by atoms with van der Waals surface area (Å²) in [5.74, 6) is 0.653. The summed E-state index contributed by atoms with van der Waals surface area (Å²) in [6.07, 6.45) is 14.1. The number of methoxy groups -OCH3 is 1. The van der Waals surface area contributed by atoms with Gasteiger partial charge in [0.2, 0.25) is 17.1 Å². The maximum atomic E-state index is 13.3. The summed E-state index contributed by atoms with van der Waals surface area (Å²) in [5.41, 5.74) is 28.1. The lowest BCUT2D eigenvalue weighted by Crippen LogP contribution is -2.41. The molecule has 7 amide bonds. The number of ether oxygens (including phenoxy) is 1. The molecular weight excluding hydrogens is 1540 g/mol. The maximum Gasteiger partial charge on any atom is 0.323 e. The lowest BCUT2D eigenvalue weighted by molar-refractivity contribution is -0.129. The van der Waals surface area contributed by atoms with Crippen molar-refractivity contribution in [3.05, 3.63) is 220 Å². The van der Waals surface area contributed by atoms with Gasteiger partial charge in [-0.3, -0.25) is 14.4 Å². The summed E-state index contributed by atoms with van der Waals surface area (Å²) in [7, 11) is 1.55. The first-order valence-corrected chi connectivity index (χ1v) is 39.6. The van der Waals surface area contributed by atoms with Crippen LogP contribution < -0.4 is 43.2 Å². The molecule has 0 aliphatic carbocycles. The van der Waals surface area contributed by atoms with E-state index < -0.39 is 0 Å². The molecule has 11 aromatic rings. The number of allylic oxidation sites excluding steroid dienone is 3. The molecule has 0 saturated carbocycles. The van der Waals surface area contributed by atoms with Crippen molar-refractivity contribution in [3.63, 3.8) is 0 Å². The number of amides is 7. The zero-order valence-corrected chi connectivity index (χ0v) is 69.6. The van der Waals surface area contributed by atoms with Crippen molar-refractivity contribution in [2.75, 3.05) is 84.8 Å². The van der Waals surface area contributed by atoms with E-state index in [9.17, 15) is 24.0 Å². The Morgan fingerprint density at radius 2 is 0.783 bits per heavy atom. The van der Waals surface area contributed by atoms with Crippen LogP contribution >= 0.6 is 11.6 Å². The summed E-state index contributed by atoms with van der Waals surface area (Å²) in [5, 5.41) is 28.4. The highest BCUT2D eigenvalue weighted by molar-refractivity contribution is 6.32. The molecule has 9 heterocycles. The number of aryl methyl sites for hydroxylation is 1. The van der Waals surface area contributed by atoms with E-state index in [-0.39, 0.29) is 81.2 Å². The van der Waals surface area contributed by atoms with Crippen LogP contribution in [0.15, 0.2) is 176 Å². The number of urea groups is 2. The second kappa shape index (κ2) is 36.6. The highest BCUT2D eigenvalue weighted by Gasteiger charge is 2.35. The summed E-state index contributed by atoms with van der Waals surface area (Å²) in [6, 6.07) is 35.6. The number of anilines is 7. The molecule has 31 nitrogen and oxygen atoms in total. The molecule has 3 aliphatic rings. The van der Waals surface area contributed by atoms with Crippen LogP contribution in [0.5, 0.6) is 5.75 Å². The first-order valence-electron chi connectivity index (χ1n) is 39.2. The van der Waals surface area contributed by atoms with Gasteiger partial charge in [-0.1, -0.05) is 153 Å². The number of para-hydroxylation sites is 1. The summed E-state index contributed by atoms with van der Waals surface area (Å²) >= 11 is 6.22. The number of rotatable bonds is 14. The molecule has 10 N–H and O–H groups in total. The summed E-state index contributed by atoms with van der Waals surface area (Å²) in [6.45, 7) is 45.3. The largest absolute Gasteiger partial charge is 0.495 e. The first kappa shape index (κ1) is 85.3. The molecule has 5 aromatic carbocycles. The molecule has 3 atom stereocenters. The van der Waals surface area contributed by atoms with Gasteiger partial charge in [0.15, 0.2) is 16.9 Å². The predicted octanol–water partition coefficient (Wildman–Crippen LogP) is 16.5. The second-order valence-electron chi connectivity index (χ2n) is 32.8. The number of likely N-dealkylation sites (tertiary alicyclic amines) is 3. The smallest absolute Gasteiger partial charge is 0.323 e. The molecule has 0 unspecified atom stereocenters. The number of nitrogens with one attached hydrogen (secondary N) is 4. The molecule has 14 rings (SSSR count). The van der Waals surface area contributed by atoms with E-state index in [2.05, 4.69) is 65.7 Å². The van der Waals surface area contributed by atoms with E-state index in [0.717, 1.165) is 60.8 Å². The summed E-state index contributed by atoms with van der Waals surface area (Å²) < 4.78 is 10.9. The number of carbonyl (C=O) groups excluding carboxylic acids is 5. The van der Waals surface area contributed by atoms with Crippen molar-refractivity contribution < 1.29 is 28.7 Å². The Hall–Kier alpha value is -14.1. The van der Waals surface area contributed by atoms with Gasteiger partial charge >= 0.3 is 12.1 Å². The Bertz CT molecular complexity index is 5910. The molecule has 616 valence electrons. The van der Waals surface area contributed by atoms with Gasteiger partial charge in [0.25, 0.3) is 17.7 Å². The van der Waals surface area contributed by atoms with Gasteiger partial charge in [0.1, 0.15) is 59.3 Å². The number of nitrogens with zero attached hydrogens (tertiary/aromatic N) is 18. The lowest BCUT2D eigenvalue weighted by Gasteiger charge is -2.33. The van der Waals surface area contributed by atoms with Crippen molar-refractivity contribution in [1.29, 1.82) is 0 Å². The number of nitrogen functional groups attached to an aromatic ring is 3. The molecule has 6 aromatic heterocycles. The lowest BCUT2D eigenvalue weighted by atomic mass is 9.95. The molecule has 32 heteroatoms. The topological polar surface area (TPSA) is 374 Å². The van der Waals surface area contributed by atoms with E-state index in [1.807, 2.05) is 168 Å². The second-order valence-corrected chi connectivity index (χ2v) is 33.2. The van der Waals surface area contributed by atoms with Crippen LogP contribution in [0.25, 0.3) is 81.4 Å². The third kappa shape index (κ3) is 20.4. The average Bonchev–Trinajstić information content (AvgIpc) is 1.62. The standard InChI is InChI=1S/C32H35N9O2.C31H33N9O2.C25H28ClN7O2/c1-20-8-6-9-23(16-20)38-31(43)37-22-13-11-21(12-14-22)27-26-28(33)35-19-36-29(26)41(39-27)24-10-7-15-40(18-24)30(42)25(34-5)17-32(2,3)4;1-31(2,3)17-24(33-4)29(41)39-16-8-11-23(18-39)40-28-25(27(32)34-19-35-28)26(38-40)20-12-14-22(15-13-20)37-30(42)36-21-9-6-5-7-10-21;1-25(2,3)12-18(28-4)24(34)32-10-6-7-16(13-32)33-23-20(22(27)29-14-30-23)21(31-33)15-8-9-17(26)19(11-15)35-5/h6,8-9,11-14,16-17,19,24H,7,10,15,18H2,1-4H3,(H2,33,35,36)(H2,37,38,43);5-7,9-10,12-15,17,19,23H,8,11,16,18H2,1-3H3,(H2,32,34,35)(H2,36,37,42);8-9,11-12,14,16H,6-7,10,13H2,1-3,5H3,(H2,27,29,30)/b25-17-;24-17-;18-12-/t24-;23-;16-/m111/s1. The van der Waals surface area contributed by atoms with E-state index in [4.69, 9.17) is 68.6 Å². The number of carbonyl (C=O) groups is 5. The van der Waals surface area contributed by atoms with Crippen molar-refractivity contribution in [2.24, 2.45) is 16.2 Å². The van der Waals surface area contributed by atoms with E-state index in [0.29, 0.717) is 140 Å². The first-order chi connectivity index (χ1) is 57.3. The van der Waals surface area contributed by atoms with Crippen LogP contribution in [-0.2, 0) is 14.4 Å². The number of fused-ring (bicyclic) bond motifs is 3. The van der Waals surface area contributed by atoms with Crippen molar-refractivity contribution in [3.8, 4) is 39.5 Å². The molecule has 3 saturated heterocycles. The minimum atomic E-state index is -0.351. The van der Waals surface area contributed by atoms with Gasteiger partial charge in [0.05, 0.1) is 66.1 Å². The van der Waals surface area contributed by atoms with Crippen LogP contribution in [0.1, 0.15) is 125 Å². The summed E-state index contributed by atoms with van der Waals surface area (Å²) in [4.78, 5) is 107. The number of nitrogens with two attached hydrogens (primary N) is 3. The van der Waals surface area contributed by atoms with Crippen LogP contribution in [-0.4, -0.2) is 150 Å². The van der Waals surface area contributed by atoms with Crippen molar-refractivity contribution in [1.82, 2.24) is 73.9 Å². The highest BCUT2D eigenvalue weighted by Crippen LogP contribution is 2.41. The van der Waals surface area contributed by atoms with Gasteiger partial charge in [-0.05, 0) is 128 Å². The zero-order chi connectivity index (χ0) is 85.9. The predicted molar refractivity (Wildman–Crippen MR) is 467 cm³/mol. The molecule has 0 radical (unpaired) electrons. The quantitative estimate of drug-likeness (QED) is 0.0393. The number of hydrogen-bond donors (Lipinski definition) is 7. The van der Waals surface area contributed by atoms with Gasteiger partial charge in [-0.25, -0.2) is 68.1 Å². The normalized spacial score (nSPS) is 16.0. The van der Waals surface area contributed by atoms with Crippen LogP contribution in [0.3, 0.4) is 0 Å². The Kier molecular flexibility index (Phi) is 26.0. The number of piperidine rings is 3. The fourth-order valence-electron chi connectivity index (χ4n) is 14.6. The molecular formula is C88H96ClN25O6. The Morgan fingerprint density at radius 1 is 0.450 bits per heavy atom. The van der Waals surface area contributed by atoms with Crippen LogP contribution in [0.2, 0.25) is 5.02 Å². The van der Waals surface area contributed by atoms with E-state index >= 15 is 0 Å². The van der Waals surface area contributed by atoms with Gasteiger partial charge in [0, 0.05) is 78.7 Å². The molecule has 120 heavy (non-hydrogen) atoms. The maximum absolute atomic E-state index is 13.3. The fraction of sp³-hybridized carbons (Fsp3) is 0.330. The minimum absolute atomic E-state index is 0.130. The Labute approximate surface area is 700 Å². The van der Waals surface area contributed by atoms with E-state index in [1.54, 1.807) is 76.4 Å². The molecule has 0 spiro atoms. The van der Waals surface area contributed by atoms with Crippen LogP contribution in [0.4, 0.5) is 49.8 Å². The number of benzene rings is 5. The van der Waals surface area contributed by atoms with E-state index in [1.165, 1.54) is 19.0 Å². The van der Waals surface area contributed by atoms with Gasteiger partial charge in [-0.15, -0.1) is 0 Å². The number of halogens is 1. The molecule has 3 aliphatic heterocycles. The monoisotopic (exact) mass is 1630 g/mol. The van der Waals surface area contributed by atoms with Crippen molar-refractivity contribution >= 4 is 115 Å². The SMILES string of the molecule is [C-]#[N+]/C(=C\C(C)(C)C)C(=O)N1CCC[C@@H](n2nc(-c3ccc(Cl)c(OC)c3)c3c(N)ncnc32)C1.[C-]#[N+]/C(=C\C(C)(C)C)C(=O)N1CCC[C@@H](n2nc(-c3ccc(NC(=O)Nc4cccc(C)c4)cc3)c3c(N)ncnc32)C1.[C-]#[N+]/C(=C\C(C)(C)C)C(=O)N1CCC[C@@H](n2nc(-c3ccc(NC(=O)Nc4ccccc4)cc3)c3c(N)ncnc32)C1. The zero-order valence-electron chi connectivity index (χ0n) is 68.8. The molecule has 0 bridgehead atoms. The molecule has 3 fully saturated rings. The number of hydrogen-bond acceptors (Lipinski definition) is 18. The average molecular weight is 1640 g/mol. The third-order valence-electron chi connectivity index (χ3n) is 19.9. The fourth-order valence-corrected chi connectivity index (χ4v) is 14.8. The number of aromatic nitrogens is 12. The third-order valence-corrected chi connectivity index (χ3v) is 20.2. The Morgan fingerprint density at radius 3 is 1.12 bits per heavy atom. The Balaban J connectivity index is 0.000000166. The minimum Gasteiger partial charge on any atom is -0.495 e. The van der Waals surface area contributed by atoms with Gasteiger partial charge < -0.3 is 57.9 Å². The van der Waals surface area contributed by atoms with Crippen LogP contribution in [0, 0.1) is 42.9 Å². The van der Waals surface area contributed by atoms with Crippen molar-refractivity contribution in [2.45, 2.75) is 126 Å².